The molecule has 1 aromatic carbocycles. The molecular weight excluding hydrogens is 320 g/mol. The van der Waals surface area contributed by atoms with Crippen LogP contribution in [0.25, 0.3) is 0 Å². The smallest absolute Gasteiger partial charge is 0.337 e. The predicted molar refractivity (Wildman–Crippen MR) is 77.9 cm³/mol. The van der Waals surface area contributed by atoms with E-state index in [1.807, 2.05) is 0 Å². The van der Waals surface area contributed by atoms with Crippen LogP contribution in [0, 0.1) is 0 Å². The number of carbonyl (C=O) groups is 5. The van der Waals surface area contributed by atoms with E-state index in [-0.39, 0.29) is 29.2 Å². The minimum Gasteiger partial charge on any atom is -0.478 e. The third-order valence-corrected chi connectivity index (χ3v) is 3.21. The Morgan fingerprint density at radius 2 is 1.42 bits per heavy atom. The van der Waals surface area contributed by atoms with Gasteiger partial charge in [-0.15, -0.1) is 0 Å². The summed E-state index contributed by atoms with van der Waals surface area (Å²) in [7, 11) is 0. The van der Waals surface area contributed by atoms with Crippen molar-refractivity contribution in [2.24, 2.45) is 0 Å². The number of nitrogens with zero attached hydrogens (tertiary/aromatic N) is 2. The number of hydrogen-bond donors (Lipinski definition) is 2. The van der Waals surface area contributed by atoms with Gasteiger partial charge >= 0.3 is 5.97 Å². The van der Waals surface area contributed by atoms with E-state index in [9.17, 15) is 24.0 Å². The minimum atomic E-state index is -1.18. The van der Waals surface area contributed by atoms with Crippen LogP contribution in [-0.4, -0.2) is 45.0 Å². The Morgan fingerprint density at radius 3 is 1.83 bits per heavy atom. The van der Waals surface area contributed by atoms with Gasteiger partial charge in [-0.25, -0.2) is 9.69 Å². The summed E-state index contributed by atoms with van der Waals surface area (Å²) in [5.74, 6) is -3.24. The molecule has 24 heavy (non-hydrogen) atoms. The van der Waals surface area contributed by atoms with Crippen molar-refractivity contribution in [1.82, 2.24) is 5.06 Å². The van der Waals surface area contributed by atoms with E-state index in [0.29, 0.717) is 0 Å². The highest BCUT2D eigenvalue weighted by Gasteiger charge is 2.28. The van der Waals surface area contributed by atoms with Crippen LogP contribution in [0.15, 0.2) is 36.4 Å². The van der Waals surface area contributed by atoms with Gasteiger partial charge in [0, 0.05) is 25.0 Å². The van der Waals surface area contributed by atoms with Gasteiger partial charge in [-0.1, -0.05) is 12.1 Å². The maximum absolute atomic E-state index is 11.4. The molecule has 0 spiro atoms. The number of aromatic carboxylic acids is 1. The van der Waals surface area contributed by atoms with E-state index in [4.69, 9.17) is 10.3 Å². The van der Waals surface area contributed by atoms with Crippen LogP contribution in [0.2, 0.25) is 0 Å². The van der Waals surface area contributed by atoms with E-state index >= 15 is 0 Å². The number of imide groups is 2. The van der Waals surface area contributed by atoms with Crippen LogP contribution in [0.1, 0.15) is 23.2 Å². The summed E-state index contributed by atoms with van der Waals surface area (Å²) in [6, 6.07) is 5.87. The fourth-order valence-corrected chi connectivity index (χ4v) is 2.05. The largest absolute Gasteiger partial charge is 0.478 e. The number of para-hydroxylation sites is 1. The molecule has 1 fully saturated rings. The molecule has 9 nitrogen and oxygen atoms in total. The predicted octanol–water partition coefficient (Wildman–Crippen LogP) is 0.339. The molecule has 0 unspecified atom stereocenters. The molecule has 4 amide bonds. The molecule has 124 valence electrons. The van der Waals surface area contributed by atoms with Gasteiger partial charge in [-0.3, -0.25) is 24.4 Å². The minimum absolute atomic E-state index is 0.0760. The first-order valence-electron chi connectivity index (χ1n) is 6.76. The zero-order chi connectivity index (χ0) is 17.9. The quantitative estimate of drug-likeness (QED) is 0.589. The summed E-state index contributed by atoms with van der Waals surface area (Å²) in [5, 5.41) is 17.5. The van der Waals surface area contributed by atoms with Gasteiger partial charge in [0.15, 0.2) is 0 Å². The fourth-order valence-electron chi connectivity index (χ4n) is 2.05. The zero-order valence-electron chi connectivity index (χ0n) is 12.2. The molecule has 1 aromatic rings. The van der Waals surface area contributed by atoms with Crippen molar-refractivity contribution >= 4 is 35.3 Å². The summed E-state index contributed by atoms with van der Waals surface area (Å²) >= 11 is 0. The van der Waals surface area contributed by atoms with Gasteiger partial charge < -0.3 is 5.11 Å². The van der Waals surface area contributed by atoms with Crippen LogP contribution in [0.5, 0.6) is 0 Å². The van der Waals surface area contributed by atoms with Crippen LogP contribution in [-0.2, 0) is 19.2 Å². The highest BCUT2D eigenvalue weighted by molar-refractivity contribution is 6.29. The van der Waals surface area contributed by atoms with Crippen LogP contribution < -0.4 is 4.90 Å². The average Bonchev–Trinajstić information content (AvgIpc) is 3.04. The van der Waals surface area contributed by atoms with Gasteiger partial charge in [0.05, 0.1) is 11.3 Å². The molecule has 2 aliphatic heterocycles. The molecule has 9 heteroatoms. The van der Waals surface area contributed by atoms with Crippen LogP contribution in [0.4, 0.5) is 5.69 Å². The SMILES string of the molecule is O=C(O)c1ccccc1N1C(=O)C=CC1=O.O=C1CCC(=O)N1O. The van der Waals surface area contributed by atoms with Crippen molar-refractivity contribution in [3.63, 3.8) is 0 Å². The third kappa shape index (κ3) is 3.36. The highest BCUT2D eigenvalue weighted by Crippen LogP contribution is 2.23. The van der Waals surface area contributed by atoms with E-state index in [1.54, 1.807) is 6.07 Å². The molecule has 2 heterocycles. The van der Waals surface area contributed by atoms with Crippen molar-refractivity contribution < 1.29 is 34.3 Å². The second-order valence-corrected chi connectivity index (χ2v) is 4.77. The van der Waals surface area contributed by atoms with E-state index in [2.05, 4.69) is 0 Å². The molecular formula is C15H12N2O7. The summed E-state index contributed by atoms with van der Waals surface area (Å²) in [6.45, 7) is 0. The number of hydrogen-bond acceptors (Lipinski definition) is 6. The standard InChI is InChI=1S/C11H7NO4.C4H5NO3/c13-9-5-6-10(14)12(9)8-4-2-1-3-7(8)11(15)16;6-3-1-2-4(7)5(3)8/h1-6H,(H,15,16);8H,1-2H2. The normalized spacial score (nSPS) is 16.5. The van der Waals surface area contributed by atoms with Crippen molar-refractivity contribution in [2.75, 3.05) is 4.90 Å². The maximum atomic E-state index is 11.4. The Balaban J connectivity index is 0.000000219. The second kappa shape index (κ2) is 6.84. The van der Waals surface area contributed by atoms with E-state index in [0.717, 1.165) is 17.1 Å². The Bertz CT molecular complexity index is 735. The molecule has 2 N–H and O–H groups in total. The second-order valence-electron chi connectivity index (χ2n) is 4.77. The van der Waals surface area contributed by atoms with Crippen molar-refractivity contribution in [2.45, 2.75) is 12.8 Å². The number of rotatable bonds is 2. The van der Waals surface area contributed by atoms with Crippen LogP contribution >= 0.6 is 0 Å². The molecule has 0 atom stereocenters. The van der Waals surface area contributed by atoms with Gasteiger partial charge in [0.25, 0.3) is 23.6 Å². The van der Waals surface area contributed by atoms with Crippen molar-refractivity contribution in [1.29, 1.82) is 0 Å². The highest BCUT2D eigenvalue weighted by atomic mass is 16.5. The number of hydroxylamine groups is 2. The van der Waals surface area contributed by atoms with Gasteiger partial charge in [-0.2, -0.15) is 5.06 Å². The first-order chi connectivity index (χ1) is 11.3. The number of anilines is 1. The molecule has 0 aliphatic carbocycles. The number of carboxylic acids is 1. The van der Waals surface area contributed by atoms with Crippen molar-refractivity contribution in [3.8, 4) is 0 Å². The first-order valence-corrected chi connectivity index (χ1v) is 6.76. The van der Waals surface area contributed by atoms with Crippen molar-refractivity contribution in [3.05, 3.63) is 42.0 Å². The molecule has 1 saturated heterocycles. The summed E-state index contributed by atoms with van der Waals surface area (Å²) in [6.07, 6.45) is 2.52. The summed E-state index contributed by atoms with van der Waals surface area (Å²) < 4.78 is 0. The van der Waals surface area contributed by atoms with E-state index < -0.39 is 29.6 Å². The zero-order valence-corrected chi connectivity index (χ0v) is 12.2. The van der Waals surface area contributed by atoms with Gasteiger partial charge in [0.2, 0.25) is 0 Å². The number of benzene rings is 1. The Hall–Kier alpha value is -3.33. The lowest BCUT2D eigenvalue weighted by Crippen LogP contribution is -2.31. The molecule has 0 aromatic heterocycles. The van der Waals surface area contributed by atoms with Gasteiger partial charge in [-0.05, 0) is 12.1 Å². The first kappa shape index (κ1) is 17.0. The maximum Gasteiger partial charge on any atom is 0.337 e. The number of carbonyl (C=O) groups excluding carboxylic acids is 4. The molecule has 3 rings (SSSR count). The Labute approximate surface area is 135 Å². The topological polar surface area (TPSA) is 132 Å². The summed E-state index contributed by atoms with van der Waals surface area (Å²) in [5.41, 5.74) is 0.0166. The third-order valence-electron chi connectivity index (χ3n) is 3.21. The molecule has 0 radical (unpaired) electrons. The van der Waals surface area contributed by atoms with Gasteiger partial charge in [0.1, 0.15) is 0 Å². The molecule has 0 bridgehead atoms. The van der Waals surface area contributed by atoms with Crippen LogP contribution in [0.3, 0.4) is 0 Å². The number of amides is 4. The average molecular weight is 332 g/mol. The lowest BCUT2D eigenvalue weighted by atomic mass is 10.1. The van der Waals surface area contributed by atoms with E-state index in [1.165, 1.54) is 18.2 Å². The number of carboxylic acid groups (broad SMARTS) is 1. The summed E-state index contributed by atoms with van der Waals surface area (Å²) in [4.78, 5) is 55.0. The Morgan fingerprint density at radius 1 is 0.917 bits per heavy atom. The molecule has 0 saturated carbocycles. The molecule has 2 aliphatic rings. The Kier molecular flexibility index (Phi) is 4.85. The monoisotopic (exact) mass is 332 g/mol. The fraction of sp³-hybridized carbons (Fsp3) is 0.133. The lowest BCUT2D eigenvalue weighted by molar-refractivity contribution is -0.171. The lowest BCUT2D eigenvalue weighted by Gasteiger charge is -2.15.